The molecule has 2 aromatic rings. The molecule has 0 heterocycles. The third-order valence-corrected chi connectivity index (χ3v) is 4.40. The number of benzene rings is 2. The van der Waals surface area contributed by atoms with E-state index in [2.05, 4.69) is 67.7 Å². The average molecular weight is 285 g/mol. The molecule has 0 fully saturated rings. The van der Waals surface area contributed by atoms with Crippen molar-refractivity contribution in [3.8, 4) is 0 Å². The first-order valence-corrected chi connectivity index (χ1v) is 8.17. The lowest BCUT2D eigenvalue weighted by molar-refractivity contribution is 0.591. The predicted molar refractivity (Wildman–Crippen MR) is 89.5 cm³/mol. The molecule has 1 unspecified atom stereocenters. The van der Waals surface area contributed by atoms with Gasteiger partial charge in [-0.3, -0.25) is 0 Å². The molecule has 0 amide bonds. The molecule has 0 aliphatic rings. The summed E-state index contributed by atoms with van der Waals surface area (Å²) in [5.41, 5.74) is 4.05. The van der Waals surface area contributed by atoms with Gasteiger partial charge in [0, 0.05) is 10.9 Å². The van der Waals surface area contributed by atoms with Crippen molar-refractivity contribution >= 4 is 11.8 Å². The first-order chi connectivity index (χ1) is 9.72. The van der Waals surface area contributed by atoms with Crippen molar-refractivity contribution in [2.45, 2.75) is 31.2 Å². The fraction of sp³-hybridized carbons (Fsp3) is 0.333. The Kier molecular flexibility index (Phi) is 5.69. The fourth-order valence-electron chi connectivity index (χ4n) is 2.31. The summed E-state index contributed by atoms with van der Waals surface area (Å²) >= 11 is 1.89. The van der Waals surface area contributed by atoms with Crippen LogP contribution in [-0.4, -0.2) is 12.8 Å². The van der Waals surface area contributed by atoms with E-state index >= 15 is 0 Å². The summed E-state index contributed by atoms with van der Waals surface area (Å²) in [6, 6.07) is 18.1. The van der Waals surface area contributed by atoms with Crippen LogP contribution < -0.4 is 5.32 Å². The number of nitrogens with one attached hydrogen (secondary N) is 1. The van der Waals surface area contributed by atoms with Crippen molar-refractivity contribution in [2.75, 3.05) is 12.8 Å². The molecule has 0 aromatic heterocycles. The first-order valence-electron chi connectivity index (χ1n) is 7.18. The molecule has 20 heavy (non-hydrogen) atoms. The summed E-state index contributed by atoms with van der Waals surface area (Å²) in [6.07, 6.45) is 1.02. The van der Waals surface area contributed by atoms with E-state index < -0.39 is 0 Å². The highest BCUT2D eigenvalue weighted by molar-refractivity contribution is 7.99. The highest BCUT2D eigenvalue weighted by atomic mass is 32.2. The van der Waals surface area contributed by atoms with Gasteiger partial charge in [-0.15, -0.1) is 11.8 Å². The van der Waals surface area contributed by atoms with Crippen molar-refractivity contribution in [1.29, 1.82) is 0 Å². The monoisotopic (exact) mass is 285 g/mol. The minimum absolute atomic E-state index is 0.374. The van der Waals surface area contributed by atoms with Gasteiger partial charge in [-0.05, 0) is 49.4 Å². The average Bonchev–Trinajstić information content (AvgIpc) is 2.48. The SMILES string of the molecule is CCSc1ccc(C(Cc2ccc(C)cc2)NC)cc1. The summed E-state index contributed by atoms with van der Waals surface area (Å²) in [6.45, 7) is 4.32. The van der Waals surface area contributed by atoms with E-state index in [0.29, 0.717) is 6.04 Å². The smallest absolute Gasteiger partial charge is 0.0358 e. The third kappa shape index (κ3) is 4.12. The Labute approximate surface area is 126 Å². The second-order valence-corrected chi connectivity index (χ2v) is 6.37. The van der Waals surface area contributed by atoms with E-state index in [1.165, 1.54) is 21.6 Å². The summed E-state index contributed by atoms with van der Waals surface area (Å²) in [5, 5.41) is 3.43. The highest BCUT2D eigenvalue weighted by Gasteiger charge is 2.10. The van der Waals surface area contributed by atoms with Gasteiger partial charge in [0.15, 0.2) is 0 Å². The van der Waals surface area contributed by atoms with E-state index in [0.717, 1.165) is 12.2 Å². The van der Waals surface area contributed by atoms with Crippen molar-refractivity contribution < 1.29 is 0 Å². The highest BCUT2D eigenvalue weighted by Crippen LogP contribution is 2.23. The van der Waals surface area contributed by atoms with Crippen LogP contribution in [0.4, 0.5) is 0 Å². The Morgan fingerprint density at radius 3 is 2.20 bits per heavy atom. The van der Waals surface area contributed by atoms with Crippen LogP contribution in [0.1, 0.15) is 29.7 Å². The summed E-state index contributed by atoms with van der Waals surface area (Å²) in [4.78, 5) is 1.35. The number of aryl methyl sites for hydroxylation is 1. The van der Waals surface area contributed by atoms with E-state index in [1.807, 2.05) is 18.8 Å². The molecule has 0 saturated carbocycles. The molecule has 1 nitrogen and oxygen atoms in total. The molecule has 2 heteroatoms. The quantitative estimate of drug-likeness (QED) is 0.778. The number of likely N-dealkylation sites (N-methyl/N-ethyl adjacent to an activating group) is 1. The van der Waals surface area contributed by atoms with Crippen LogP contribution >= 0.6 is 11.8 Å². The first kappa shape index (κ1) is 15.1. The molecular formula is C18H23NS. The van der Waals surface area contributed by atoms with Crippen molar-refractivity contribution in [3.63, 3.8) is 0 Å². The Morgan fingerprint density at radius 2 is 1.65 bits per heavy atom. The standard InChI is InChI=1S/C18H23NS/c1-4-20-17-11-9-16(10-12-17)18(19-3)13-15-7-5-14(2)6-8-15/h5-12,18-19H,4,13H2,1-3H3. The normalized spacial score (nSPS) is 12.3. The molecule has 0 radical (unpaired) electrons. The molecule has 0 saturated heterocycles. The maximum atomic E-state index is 3.43. The van der Waals surface area contributed by atoms with E-state index in [-0.39, 0.29) is 0 Å². The number of hydrogen-bond donors (Lipinski definition) is 1. The Balaban J connectivity index is 2.09. The minimum Gasteiger partial charge on any atom is -0.313 e. The van der Waals surface area contributed by atoms with Crippen LogP contribution in [0.3, 0.4) is 0 Å². The topological polar surface area (TPSA) is 12.0 Å². The van der Waals surface area contributed by atoms with Crippen LogP contribution in [0, 0.1) is 6.92 Å². The molecule has 0 aliphatic carbocycles. The molecular weight excluding hydrogens is 262 g/mol. The van der Waals surface area contributed by atoms with E-state index in [4.69, 9.17) is 0 Å². The minimum atomic E-state index is 0.374. The number of rotatable bonds is 6. The van der Waals surface area contributed by atoms with Gasteiger partial charge in [0.2, 0.25) is 0 Å². The number of hydrogen-bond acceptors (Lipinski definition) is 2. The molecule has 1 N–H and O–H groups in total. The Morgan fingerprint density at radius 1 is 1.00 bits per heavy atom. The van der Waals surface area contributed by atoms with Crippen LogP contribution in [0.5, 0.6) is 0 Å². The van der Waals surface area contributed by atoms with Gasteiger partial charge < -0.3 is 5.32 Å². The van der Waals surface area contributed by atoms with Gasteiger partial charge in [0.25, 0.3) is 0 Å². The van der Waals surface area contributed by atoms with Crippen LogP contribution in [0.25, 0.3) is 0 Å². The summed E-state index contributed by atoms with van der Waals surface area (Å²) in [7, 11) is 2.04. The summed E-state index contributed by atoms with van der Waals surface area (Å²) in [5.74, 6) is 1.12. The Bertz CT molecular complexity index is 516. The molecule has 2 aromatic carbocycles. The van der Waals surface area contributed by atoms with Gasteiger partial charge in [-0.25, -0.2) is 0 Å². The van der Waals surface area contributed by atoms with E-state index in [1.54, 1.807) is 0 Å². The molecule has 2 rings (SSSR count). The molecule has 106 valence electrons. The molecule has 0 spiro atoms. The zero-order chi connectivity index (χ0) is 14.4. The maximum absolute atomic E-state index is 3.43. The van der Waals surface area contributed by atoms with Gasteiger partial charge in [-0.1, -0.05) is 48.9 Å². The zero-order valence-corrected chi connectivity index (χ0v) is 13.3. The lowest BCUT2D eigenvalue weighted by atomic mass is 9.98. The Hall–Kier alpha value is -1.25. The van der Waals surface area contributed by atoms with Crippen LogP contribution in [0.2, 0.25) is 0 Å². The van der Waals surface area contributed by atoms with Gasteiger partial charge in [0.1, 0.15) is 0 Å². The van der Waals surface area contributed by atoms with Crippen molar-refractivity contribution in [3.05, 3.63) is 65.2 Å². The summed E-state index contributed by atoms with van der Waals surface area (Å²) < 4.78 is 0. The molecule has 0 aliphatic heterocycles. The second kappa shape index (κ2) is 7.51. The second-order valence-electron chi connectivity index (χ2n) is 5.03. The van der Waals surface area contributed by atoms with Crippen LogP contribution in [0.15, 0.2) is 53.4 Å². The van der Waals surface area contributed by atoms with Gasteiger partial charge in [-0.2, -0.15) is 0 Å². The lowest BCUT2D eigenvalue weighted by Crippen LogP contribution is -2.18. The van der Waals surface area contributed by atoms with Gasteiger partial charge >= 0.3 is 0 Å². The van der Waals surface area contributed by atoms with E-state index in [9.17, 15) is 0 Å². The van der Waals surface area contributed by atoms with Crippen LogP contribution in [-0.2, 0) is 6.42 Å². The van der Waals surface area contributed by atoms with Gasteiger partial charge in [0.05, 0.1) is 0 Å². The predicted octanol–water partition coefficient (Wildman–Crippen LogP) is 4.61. The fourth-order valence-corrected chi connectivity index (χ4v) is 2.97. The van der Waals surface area contributed by atoms with Crippen molar-refractivity contribution in [1.82, 2.24) is 5.32 Å². The molecule has 1 atom stereocenters. The third-order valence-electron chi connectivity index (χ3n) is 3.50. The lowest BCUT2D eigenvalue weighted by Gasteiger charge is -2.17. The zero-order valence-electron chi connectivity index (χ0n) is 12.5. The number of thioether (sulfide) groups is 1. The largest absolute Gasteiger partial charge is 0.313 e. The maximum Gasteiger partial charge on any atom is 0.0358 e. The van der Waals surface area contributed by atoms with Crippen molar-refractivity contribution in [2.24, 2.45) is 0 Å². The molecule has 0 bridgehead atoms.